The fourth-order valence-corrected chi connectivity index (χ4v) is 9.26. The average molecular weight is 949 g/mol. The van der Waals surface area contributed by atoms with Crippen LogP contribution in [0.1, 0.15) is 91.7 Å². The third kappa shape index (κ3) is 10.8. The zero-order chi connectivity index (χ0) is 51.1. The van der Waals surface area contributed by atoms with E-state index in [0.717, 1.165) is 135 Å². The summed E-state index contributed by atoms with van der Waals surface area (Å²) >= 11 is 0. The number of aromatic hydroxyl groups is 2. The van der Waals surface area contributed by atoms with Crippen LogP contribution in [0.2, 0.25) is 0 Å². The molecule has 364 valence electrons. The molecule has 0 aromatic heterocycles. The lowest BCUT2D eigenvalue weighted by atomic mass is 9.78. The molecule has 0 aliphatic carbocycles. The van der Waals surface area contributed by atoms with Crippen molar-refractivity contribution in [2.45, 2.75) is 102 Å². The number of rotatable bonds is 14. The monoisotopic (exact) mass is 948 g/mol. The number of benzene rings is 8. The van der Waals surface area contributed by atoms with Gasteiger partial charge in [-0.1, -0.05) is 38.1 Å². The number of phenolic OH excluding ortho intramolecular Hbond substituents is 2. The van der Waals surface area contributed by atoms with Crippen LogP contribution in [-0.2, 0) is 5.41 Å². The summed E-state index contributed by atoms with van der Waals surface area (Å²) in [5, 5.41) is 20.4. The zero-order valence-corrected chi connectivity index (χ0v) is 43.4. The van der Waals surface area contributed by atoms with E-state index in [1.807, 2.05) is 180 Å². The molecule has 8 rings (SSSR count). The summed E-state index contributed by atoms with van der Waals surface area (Å²) in [6.45, 7) is 28.1. The van der Waals surface area contributed by atoms with Crippen LogP contribution >= 0.6 is 0 Å². The van der Waals surface area contributed by atoms with Gasteiger partial charge >= 0.3 is 0 Å². The Balaban J connectivity index is 0.884. The standard InChI is InChI=1S/C63H64O8/c1-35-23-53(24-36(2)57(35)64)68-61-43(9)31-55(32-44(61)10)70-59-39(5)27-51(28-40(59)6)66-49-19-15-47(16-20-49)63(13,14)48-17-21-50(22-18-48)67-52-29-41(7)60(42(8)30-52)71-56-33-45(11)62(46(12)34-56)69-54-25-37(3)58(65)38(4)26-54/h15-34,64-65H,1-14H3. The molecule has 0 heterocycles. The highest BCUT2D eigenvalue weighted by Gasteiger charge is 2.24. The number of hydrogen-bond donors (Lipinski definition) is 2. The fourth-order valence-electron chi connectivity index (χ4n) is 9.26. The summed E-state index contributed by atoms with van der Waals surface area (Å²) in [6, 6.07) is 39.9. The molecular weight excluding hydrogens is 885 g/mol. The first kappa shape index (κ1) is 49.6. The van der Waals surface area contributed by atoms with Gasteiger partial charge in [0.05, 0.1) is 0 Å². The molecule has 0 spiro atoms. The van der Waals surface area contributed by atoms with Gasteiger partial charge in [0.2, 0.25) is 0 Å². The molecule has 0 amide bonds. The minimum atomic E-state index is -0.287. The van der Waals surface area contributed by atoms with E-state index in [4.69, 9.17) is 28.4 Å². The first-order chi connectivity index (χ1) is 33.6. The lowest BCUT2D eigenvalue weighted by Gasteiger charge is -2.26. The highest BCUT2D eigenvalue weighted by Crippen LogP contribution is 2.42. The quantitative estimate of drug-likeness (QED) is 0.111. The Hall–Kier alpha value is -7.84. The van der Waals surface area contributed by atoms with Crippen LogP contribution in [0.5, 0.6) is 80.5 Å². The Morgan fingerprint density at radius 1 is 0.254 bits per heavy atom. The summed E-state index contributed by atoms with van der Waals surface area (Å²) in [5.41, 5.74) is 12.7. The molecule has 0 aliphatic heterocycles. The molecule has 0 saturated heterocycles. The third-order valence-electron chi connectivity index (χ3n) is 13.2. The van der Waals surface area contributed by atoms with E-state index in [1.54, 1.807) is 0 Å². The van der Waals surface area contributed by atoms with Gasteiger partial charge in [0, 0.05) is 5.41 Å². The van der Waals surface area contributed by atoms with Crippen LogP contribution in [0.4, 0.5) is 0 Å². The van der Waals surface area contributed by atoms with E-state index in [9.17, 15) is 10.2 Å². The summed E-state index contributed by atoms with van der Waals surface area (Å²) in [6.07, 6.45) is 0. The molecule has 71 heavy (non-hydrogen) atoms. The van der Waals surface area contributed by atoms with Crippen LogP contribution in [0.3, 0.4) is 0 Å². The largest absolute Gasteiger partial charge is 0.507 e. The van der Waals surface area contributed by atoms with E-state index < -0.39 is 0 Å². The van der Waals surface area contributed by atoms with E-state index in [0.29, 0.717) is 11.5 Å². The molecule has 2 N–H and O–H groups in total. The molecule has 0 fully saturated rings. The lowest BCUT2D eigenvalue weighted by Crippen LogP contribution is -2.18. The Labute approximate surface area is 419 Å². The first-order valence-electron chi connectivity index (χ1n) is 24.0. The van der Waals surface area contributed by atoms with Gasteiger partial charge in [-0.25, -0.2) is 0 Å². The Bertz CT molecular complexity index is 2950. The van der Waals surface area contributed by atoms with Crippen molar-refractivity contribution in [3.63, 3.8) is 0 Å². The predicted octanol–water partition coefficient (Wildman–Crippen LogP) is 17.9. The van der Waals surface area contributed by atoms with Crippen LogP contribution in [0, 0.1) is 83.1 Å². The number of hydrogen-bond acceptors (Lipinski definition) is 8. The maximum absolute atomic E-state index is 10.2. The predicted molar refractivity (Wildman–Crippen MR) is 284 cm³/mol. The van der Waals surface area contributed by atoms with Crippen LogP contribution in [-0.4, -0.2) is 10.2 Å². The molecule has 0 atom stereocenters. The number of ether oxygens (including phenoxy) is 6. The van der Waals surface area contributed by atoms with Gasteiger partial charge < -0.3 is 38.6 Å². The smallest absolute Gasteiger partial charge is 0.133 e. The van der Waals surface area contributed by atoms with Gasteiger partial charge in [0.15, 0.2) is 0 Å². The lowest BCUT2D eigenvalue weighted by molar-refractivity contribution is 0.449. The molecule has 8 nitrogen and oxygen atoms in total. The third-order valence-corrected chi connectivity index (χ3v) is 13.2. The summed E-state index contributed by atoms with van der Waals surface area (Å²) in [4.78, 5) is 0. The second kappa shape index (κ2) is 19.9. The van der Waals surface area contributed by atoms with Gasteiger partial charge in [-0.2, -0.15) is 0 Å². The van der Waals surface area contributed by atoms with Gasteiger partial charge in [-0.3, -0.25) is 0 Å². The number of aryl methyl sites for hydroxylation is 12. The van der Waals surface area contributed by atoms with E-state index in [-0.39, 0.29) is 16.9 Å². The van der Waals surface area contributed by atoms with E-state index in [1.165, 1.54) is 0 Å². The second-order valence-corrected chi connectivity index (χ2v) is 19.6. The van der Waals surface area contributed by atoms with Crippen molar-refractivity contribution in [3.05, 3.63) is 199 Å². The van der Waals surface area contributed by atoms with Gasteiger partial charge in [0.25, 0.3) is 0 Å². The molecule has 8 aromatic carbocycles. The second-order valence-electron chi connectivity index (χ2n) is 19.6. The molecule has 8 aromatic rings. The zero-order valence-electron chi connectivity index (χ0n) is 43.4. The normalized spacial score (nSPS) is 11.4. The Morgan fingerprint density at radius 3 is 0.648 bits per heavy atom. The highest BCUT2D eigenvalue weighted by atomic mass is 16.5. The van der Waals surface area contributed by atoms with Crippen molar-refractivity contribution >= 4 is 0 Å². The van der Waals surface area contributed by atoms with Gasteiger partial charge in [-0.05, 0) is 258 Å². The Kier molecular flexibility index (Phi) is 13.9. The molecule has 0 saturated carbocycles. The fraction of sp³-hybridized carbons (Fsp3) is 0.238. The minimum Gasteiger partial charge on any atom is -0.507 e. The molecular formula is C63H64O8. The van der Waals surface area contributed by atoms with Crippen molar-refractivity contribution in [1.82, 2.24) is 0 Å². The SMILES string of the molecule is Cc1cc(Oc2c(C)cc(Oc3c(C)cc(Oc4ccc(C(C)(C)c5ccc(Oc6cc(C)c(Oc7cc(C)c(Oc8cc(C)c(O)c(C)c8)c(C)c7)c(C)c6)cc5)cc4)cc3C)cc2C)cc(C)c1O. The number of phenols is 2. The van der Waals surface area contributed by atoms with E-state index in [2.05, 4.69) is 38.1 Å². The molecule has 8 heteroatoms. The van der Waals surface area contributed by atoms with Crippen molar-refractivity contribution in [1.29, 1.82) is 0 Å². The van der Waals surface area contributed by atoms with Gasteiger partial charge in [-0.15, -0.1) is 0 Å². The van der Waals surface area contributed by atoms with Crippen molar-refractivity contribution in [2.75, 3.05) is 0 Å². The maximum Gasteiger partial charge on any atom is 0.133 e. The van der Waals surface area contributed by atoms with Crippen molar-refractivity contribution < 1.29 is 38.6 Å². The average Bonchev–Trinajstić information content (AvgIpc) is 3.30. The minimum absolute atomic E-state index is 0.286. The summed E-state index contributed by atoms with van der Waals surface area (Å²) in [5.74, 6) is 9.44. The summed E-state index contributed by atoms with van der Waals surface area (Å²) < 4.78 is 38.4. The highest BCUT2D eigenvalue weighted by molar-refractivity contribution is 5.56. The van der Waals surface area contributed by atoms with E-state index >= 15 is 0 Å². The van der Waals surface area contributed by atoms with Crippen LogP contribution < -0.4 is 28.4 Å². The first-order valence-corrected chi connectivity index (χ1v) is 24.0. The van der Waals surface area contributed by atoms with Crippen molar-refractivity contribution in [2.24, 2.45) is 0 Å². The topological polar surface area (TPSA) is 95.8 Å². The molecule has 0 aliphatic rings. The Morgan fingerprint density at radius 2 is 0.437 bits per heavy atom. The molecule has 0 unspecified atom stereocenters. The summed E-state index contributed by atoms with van der Waals surface area (Å²) in [7, 11) is 0. The maximum atomic E-state index is 10.2. The van der Waals surface area contributed by atoms with Crippen LogP contribution in [0.25, 0.3) is 0 Å². The van der Waals surface area contributed by atoms with Crippen LogP contribution in [0.15, 0.2) is 121 Å². The molecule has 0 radical (unpaired) electrons. The van der Waals surface area contributed by atoms with Crippen molar-refractivity contribution in [3.8, 4) is 80.5 Å². The van der Waals surface area contributed by atoms with Gasteiger partial charge in [0.1, 0.15) is 80.5 Å². The molecule has 0 bridgehead atoms.